The topological polar surface area (TPSA) is 63.4 Å². The Bertz CT molecular complexity index is 595. The molecule has 1 fully saturated rings. The van der Waals surface area contributed by atoms with Gasteiger partial charge in [-0.25, -0.2) is 4.39 Å². The second-order valence-corrected chi connectivity index (χ2v) is 5.85. The number of hydrogen-bond acceptors (Lipinski definition) is 2. The maximum Gasteiger partial charge on any atom is 0.247 e. The largest absolute Gasteiger partial charge is 0.369 e. The number of nitrogens with two attached hydrogens (primary N) is 1. The zero-order chi connectivity index (χ0) is 16.3. The molecule has 2 N–H and O–H groups in total. The van der Waals surface area contributed by atoms with Crippen molar-refractivity contribution in [2.24, 2.45) is 11.7 Å². The number of hydrogen-bond donors (Lipinski definition) is 1. The van der Waals surface area contributed by atoms with E-state index in [1.165, 1.54) is 18.2 Å². The van der Waals surface area contributed by atoms with Gasteiger partial charge in [0, 0.05) is 18.7 Å². The number of nitrogens with zero attached hydrogens (tertiary/aromatic N) is 1. The number of amides is 2. The van der Waals surface area contributed by atoms with E-state index in [0.717, 1.165) is 24.0 Å². The molecule has 1 heterocycles. The van der Waals surface area contributed by atoms with Crippen LogP contribution in [0.15, 0.2) is 30.3 Å². The molecule has 1 aromatic carbocycles. The van der Waals surface area contributed by atoms with E-state index < -0.39 is 0 Å². The van der Waals surface area contributed by atoms with Crippen LogP contribution in [0, 0.1) is 11.7 Å². The fourth-order valence-corrected chi connectivity index (χ4v) is 2.71. The van der Waals surface area contributed by atoms with Gasteiger partial charge < -0.3 is 10.6 Å². The lowest BCUT2D eigenvalue weighted by Gasteiger charge is -2.36. The Balaban J connectivity index is 2.13. The van der Waals surface area contributed by atoms with Crippen LogP contribution in [0.1, 0.15) is 32.3 Å². The van der Waals surface area contributed by atoms with Gasteiger partial charge >= 0.3 is 0 Å². The molecule has 1 aliphatic heterocycles. The van der Waals surface area contributed by atoms with E-state index in [-0.39, 0.29) is 29.6 Å². The Hall–Kier alpha value is -2.17. The lowest BCUT2D eigenvalue weighted by atomic mass is 9.92. The van der Waals surface area contributed by atoms with Gasteiger partial charge in [0.25, 0.3) is 0 Å². The van der Waals surface area contributed by atoms with Gasteiger partial charge in [-0.05, 0) is 50.0 Å². The smallest absolute Gasteiger partial charge is 0.247 e. The summed E-state index contributed by atoms with van der Waals surface area (Å²) in [5, 5.41) is 0. The van der Waals surface area contributed by atoms with E-state index in [2.05, 4.69) is 0 Å². The first-order valence-electron chi connectivity index (χ1n) is 7.42. The van der Waals surface area contributed by atoms with Crippen LogP contribution in [0.4, 0.5) is 4.39 Å². The average molecular weight is 304 g/mol. The van der Waals surface area contributed by atoms with Gasteiger partial charge in [-0.3, -0.25) is 9.59 Å². The number of carbonyl (C=O) groups excluding carboxylic acids is 2. The number of benzene rings is 1. The number of allylic oxidation sites excluding steroid dienone is 1. The highest BCUT2D eigenvalue weighted by atomic mass is 19.1. The van der Waals surface area contributed by atoms with Gasteiger partial charge in [0.15, 0.2) is 0 Å². The van der Waals surface area contributed by atoms with Gasteiger partial charge in [-0.1, -0.05) is 12.1 Å². The second kappa shape index (κ2) is 6.73. The first-order valence-corrected chi connectivity index (χ1v) is 7.42. The normalized spacial score (nSPS) is 22.5. The Morgan fingerprint density at radius 1 is 1.27 bits per heavy atom. The monoisotopic (exact) mass is 304 g/mol. The number of primary amides is 1. The minimum atomic E-state index is -0.357. The third-order valence-corrected chi connectivity index (χ3v) is 4.21. The third kappa shape index (κ3) is 3.72. The molecule has 0 spiro atoms. The van der Waals surface area contributed by atoms with Crippen molar-refractivity contribution < 1.29 is 14.0 Å². The van der Waals surface area contributed by atoms with E-state index in [9.17, 15) is 14.0 Å². The lowest BCUT2D eigenvalue weighted by Crippen LogP contribution is -2.48. The van der Waals surface area contributed by atoms with Crippen molar-refractivity contribution in [1.29, 1.82) is 0 Å². The molecule has 22 heavy (non-hydrogen) atoms. The van der Waals surface area contributed by atoms with Crippen LogP contribution in [0.25, 0.3) is 5.57 Å². The second-order valence-electron chi connectivity index (χ2n) is 5.85. The van der Waals surface area contributed by atoms with Crippen LogP contribution in [-0.2, 0) is 9.59 Å². The highest BCUT2D eigenvalue weighted by Crippen LogP contribution is 2.23. The predicted octanol–water partition coefficient (Wildman–Crippen LogP) is 2.34. The van der Waals surface area contributed by atoms with Crippen molar-refractivity contribution in [3.8, 4) is 0 Å². The lowest BCUT2D eigenvalue weighted by molar-refractivity contribution is -0.133. The summed E-state index contributed by atoms with van der Waals surface area (Å²) >= 11 is 0. The van der Waals surface area contributed by atoms with Gasteiger partial charge in [-0.2, -0.15) is 0 Å². The Kier molecular flexibility index (Phi) is 4.96. The molecule has 5 heteroatoms. The van der Waals surface area contributed by atoms with Crippen LogP contribution in [0.3, 0.4) is 0 Å². The van der Waals surface area contributed by atoms with E-state index in [1.54, 1.807) is 17.0 Å². The van der Waals surface area contributed by atoms with Gasteiger partial charge in [0.05, 0.1) is 5.92 Å². The summed E-state index contributed by atoms with van der Waals surface area (Å²) in [6.07, 6.45) is 3.02. The van der Waals surface area contributed by atoms with E-state index in [4.69, 9.17) is 5.73 Å². The van der Waals surface area contributed by atoms with Crippen molar-refractivity contribution >= 4 is 17.4 Å². The summed E-state index contributed by atoms with van der Waals surface area (Å²) < 4.78 is 12.9. The van der Waals surface area contributed by atoms with E-state index >= 15 is 0 Å². The first-order chi connectivity index (χ1) is 10.4. The number of halogens is 1. The number of rotatable bonds is 3. The summed E-state index contributed by atoms with van der Waals surface area (Å²) in [5.41, 5.74) is 6.91. The summed E-state index contributed by atoms with van der Waals surface area (Å²) in [5.74, 6) is -1.08. The zero-order valence-electron chi connectivity index (χ0n) is 12.9. The molecule has 0 unspecified atom stereocenters. The highest BCUT2D eigenvalue weighted by Gasteiger charge is 2.30. The summed E-state index contributed by atoms with van der Waals surface area (Å²) in [6.45, 7) is 4.14. The Morgan fingerprint density at radius 3 is 2.50 bits per heavy atom. The SMILES string of the molecule is C/C(=C\C(=O)N1C[C@H](C(N)=O)CC[C@@H]1C)c1ccc(F)cc1. The predicted molar refractivity (Wildman–Crippen MR) is 83.1 cm³/mol. The van der Waals surface area contributed by atoms with Crippen molar-refractivity contribution in [3.63, 3.8) is 0 Å². The molecule has 0 aromatic heterocycles. The minimum absolute atomic E-state index is 0.0837. The van der Waals surface area contributed by atoms with Crippen LogP contribution >= 0.6 is 0 Å². The third-order valence-electron chi connectivity index (χ3n) is 4.21. The van der Waals surface area contributed by atoms with Crippen molar-refractivity contribution in [1.82, 2.24) is 4.90 Å². The quantitative estimate of drug-likeness (QED) is 0.871. The highest BCUT2D eigenvalue weighted by molar-refractivity contribution is 5.95. The van der Waals surface area contributed by atoms with Crippen LogP contribution < -0.4 is 5.73 Å². The number of likely N-dealkylation sites (tertiary alicyclic amines) is 1. The fourth-order valence-electron chi connectivity index (χ4n) is 2.71. The van der Waals surface area contributed by atoms with E-state index in [1.807, 2.05) is 13.8 Å². The summed E-state index contributed by atoms with van der Waals surface area (Å²) in [7, 11) is 0. The van der Waals surface area contributed by atoms with Crippen molar-refractivity contribution in [3.05, 3.63) is 41.7 Å². The minimum Gasteiger partial charge on any atom is -0.369 e. The molecule has 4 nitrogen and oxygen atoms in total. The molecule has 0 saturated carbocycles. The number of piperidine rings is 1. The Labute approximate surface area is 129 Å². The molecule has 0 aliphatic carbocycles. The Morgan fingerprint density at radius 2 is 1.91 bits per heavy atom. The molecule has 0 bridgehead atoms. The molecule has 2 amide bonds. The van der Waals surface area contributed by atoms with E-state index in [0.29, 0.717) is 6.54 Å². The van der Waals surface area contributed by atoms with Crippen molar-refractivity contribution in [2.75, 3.05) is 6.54 Å². The molecular weight excluding hydrogens is 283 g/mol. The van der Waals surface area contributed by atoms with Crippen LogP contribution in [0.2, 0.25) is 0 Å². The molecule has 2 rings (SSSR count). The van der Waals surface area contributed by atoms with Crippen LogP contribution in [0.5, 0.6) is 0 Å². The average Bonchev–Trinajstić information content (AvgIpc) is 2.47. The van der Waals surface area contributed by atoms with Gasteiger partial charge in [-0.15, -0.1) is 0 Å². The first kappa shape index (κ1) is 16.2. The molecule has 118 valence electrons. The maximum absolute atomic E-state index is 12.9. The molecule has 1 aliphatic rings. The zero-order valence-corrected chi connectivity index (χ0v) is 12.9. The summed E-state index contributed by atoms with van der Waals surface area (Å²) in [6, 6.07) is 6.09. The molecule has 1 aromatic rings. The standard InChI is InChI=1S/C17H21FN2O2/c1-11(13-5-7-15(18)8-6-13)9-16(21)20-10-14(17(19)22)4-3-12(20)2/h5-9,12,14H,3-4,10H2,1-2H3,(H2,19,22)/b11-9+/t12-,14+/m0/s1. The van der Waals surface area contributed by atoms with Crippen molar-refractivity contribution in [2.45, 2.75) is 32.7 Å². The number of carbonyl (C=O) groups is 2. The molecular formula is C17H21FN2O2. The van der Waals surface area contributed by atoms with Gasteiger partial charge in [0.2, 0.25) is 11.8 Å². The summed E-state index contributed by atoms with van der Waals surface area (Å²) in [4.78, 5) is 25.5. The molecule has 2 atom stereocenters. The fraction of sp³-hybridized carbons (Fsp3) is 0.412. The van der Waals surface area contributed by atoms with Gasteiger partial charge in [0.1, 0.15) is 5.82 Å². The maximum atomic E-state index is 12.9. The molecule has 0 radical (unpaired) electrons. The van der Waals surface area contributed by atoms with Crippen LogP contribution in [-0.4, -0.2) is 29.3 Å². The molecule has 1 saturated heterocycles.